The summed E-state index contributed by atoms with van der Waals surface area (Å²) in [5.74, 6) is 2.34. The zero-order valence-corrected chi connectivity index (χ0v) is 13.2. The van der Waals surface area contributed by atoms with E-state index < -0.39 is 0 Å². The van der Waals surface area contributed by atoms with Crippen LogP contribution < -0.4 is 19.9 Å². The average molecular weight is 350 g/mol. The molecule has 0 radical (unpaired) electrons. The molecule has 0 saturated carbocycles. The van der Waals surface area contributed by atoms with Gasteiger partial charge in [-0.3, -0.25) is 0 Å². The largest absolute Gasteiger partial charge is 0.489 e. The molecule has 0 saturated heterocycles. The number of hydrogen-bond acceptors (Lipinski definition) is 4. The van der Waals surface area contributed by atoms with Crippen LogP contribution in [0.25, 0.3) is 0 Å². The average Bonchev–Trinajstić information content (AvgIpc) is 2.92. The Balaban J connectivity index is 1.69. The van der Waals surface area contributed by atoms with E-state index in [0.29, 0.717) is 6.61 Å². The summed E-state index contributed by atoms with van der Waals surface area (Å²) in [4.78, 5) is 0. The van der Waals surface area contributed by atoms with E-state index in [1.54, 1.807) is 0 Å². The topological polar surface area (TPSA) is 53.7 Å². The van der Waals surface area contributed by atoms with E-state index in [-0.39, 0.29) is 12.8 Å². The van der Waals surface area contributed by atoms with E-state index in [9.17, 15) is 0 Å². The van der Waals surface area contributed by atoms with Crippen molar-refractivity contribution in [1.29, 1.82) is 0 Å². The van der Waals surface area contributed by atoms with Gasteiger partial charge in [-0.1, -0.05) is 28.1 Å². The number of ether oxygens (including phenoxy) is 3. The minimum absolute atomic E-state index is 0.0118. The van der Waals surface area contributed by atoms with Gasteiger partial charge in [0.1, 0.15) is 12.4 Å². The number of halogens is 1. The quantitative estimate of drug-likeness (QED) is 0.912. The van der Waals surface area contributed by atoms with Crippen LogP contribution in [0.1, 0.15) is 24.1 Å². The second-order valence-corrected chi connectivity index (χ2v) is 5.80. The molecular weight excluding hydrogens is 334 g/mol. The molecule has 1 aliphatic heterocycles. The van der Waals surface area contributed by atoms with Crippen molar-refractivity contribution in [1.82, 2.24) is 0 Å². The molecule has 0 bridgehead atoms. The summed E-state index contributed by atoms with van der Waals surface area (Å²) in [6.45, 7) is 2.71. The van der Waals surface area contributed by atoms with Crippen LogP contribution in [0.2, 0.25) is 0 Å². The highest BCUT2D eigenvalue weighted by atomic mass is 79.9. The lowest BCUT2D eigenvalue weighted by Crippen LogP contribution is -2.05. The van der Waals surface area contributed by atoms with Crippen molar-refractivity contribution in [3.05, 3.63) is 52.0 Å². The van der Waals surface area contributed by atoms with Crippen LogP contribution in [0.5, 0.6) is 17.2 Å². The fourth-order valence-corrected chi connectivity index (χ4v) is 2.88. The molecule has 0 fully saturated rings. The fraction of sp³-hybridized carbons (Fsp3) is 0.250. The van der Waals surface area contributed by atoms with Crippen LogP contribution >= 0.6 is 15.9 Å². The lowest BCUT2D eigenvalue weighted by molar-refractivity contribution is 0.174. The maximum Gasteiger partial charge on any atom is 0.231 e. The molecule has 1 aliphatic rings. The molecule has 2 aromatic rings. The summed E-state index contributed by atoms with van der Waals surface area (Å²) in [5, 5.41) is 0. The monoisotopic (exact) mass is 349 g/mol. The summed E-state index contributed by atoms with van der Waals surface area (Å²) in [6, 6.07) is 11.6. The Bertz CT molecular complexity index is 658. The summed E-state index contributed by atoms with van der Waals surface area (Å²) < 4.78 is 17.4. The predicted molar refractivity (Wildman–Crippen MR) is 83.6 cm³/mol. The van der Waals surface area contributed by atoms with Gasteiger partial charge in [-0.2, -0.15) is 0 Å². The van der Waals surface area contributed by atoms with E-state index in [0.717, 1.165) is 32.8 Å². The van der Waals surface area contributed by atoms with E-state index >= 15 is 0 Å². The molecule has 0 aliphatic carbocycles. The highest BCUT2D eigenvalue weighted by Crippen LogP contribution is 2.33. The van der Waals surface area contributed by atoms with Crippen molar-refractivity contribution in [2.24, 2.45) is 5.73 Å². The molecular formula is C16H16BrNO3. The van der Waals surface area contributed by atoms with Crippen molar-refractivity contribution < 1.29 is 14.2 Å². The molecule has 1 unspecified atom stereocenters. The van der Waals surface area contributed by atoms with Gasteiger partial charge in [0.25, 0.3) is 0 Å². The van der Waals surface area contributed by atoms with Crippen LogP contribution in [0.15, 0.2) is 40.9 Å². The minimum Gasteiger partial charge on any atom is -0.489 e. The number of fused-ring (bicyclic) bond motifs is 1. The molecule has 3 rings (SSSR count). The Morgan fingerprint density at radius 3 is 2.76 bits per heavy atom. The van der Waals surface area contributed by atoms with Crippen LogP contribution in [0.4, 0.5) is 0 Å². The van der Waals surface area contributed by atoms with Gasteiger partial charge >= 0.3 is 0 Å². The molecule has 2 aromatic carbocycles. The third-order valence-electron chi connectivity index (χ3n) is 3.30. The molecule has 0 amide bonds. The Kier molecular flexibility index (Phi) is 4.03. The van der Waals surface area contributed by atoms with E-state index in [1.807, 2.05) is 43.3 Å². The summed E-state index contributed by atoms with van der Waals surface area (Å²) in [7, 11) is 0. The number of benzene rings is 2. The molecule has 0 spiro atoms. The van der Waals surface area contributed by atoms with Gasteiger partial charge in [-0.05, 0) is 42.3 Å². The molecule has 4 nitrogen and oxygen atoms in total. The summed E-state index contributed by atoms with van der Waals surface area (Å²) >= 11 is 3.52. The normalized spacial score (nSPS) is 14.0. The van der Waals surface area contributed by atoms with Crippen LogP contribution in [0, 0.1) is 0 Å². The Labute approximate surface area is 131 Å². The smallest absolute Gasteiger partial charge is 0.231 e. The number of rotatable bonds is 4. The van der Waals surface area contributed by atoms with E-state index in [2.05, 4.69) is 15.9 Å². The Morgan fingerprint density at radius 1 is 1.19 bits per heavy atom. The maximum absolute atomic E-state index is 5.89. The van der Waals surface area contributed by atoms with Crippen molar-refractivity contribution in [3.63, 3.8) is 0 Å². The molecule has 5 heteroatoms. The SMILES string of the molecule is CC(N)c1ccc(OCc2ccc3c(c2)OCO3)cc1Br. The molecule has 110 valence electrons. The van der Waals surface area contributed by atoms with Gasteiger partial charge in [-0.15, -0.1) is 0 Å². The summed E-state index contributed by atoms with van der Waals surface area (Å²) in [5.41, 5.74) is 7.98. The maximum atomic E-state index is 5.89. The van der Waals surface area contributed by atoms with Crippen LogP contribution in [-0.4, -0.2) is 6.79 Å². The highest BCUT2D eigenvalue weighted by molar-refractivity contribution is 9.10. The highest BCUT2D eigenvalue weighted by Gasteiger charge is 2.13. The van der Waals surface area contributed by atoms with Gasteiger partial charge in [0, 0.05) is 10.5 Å². The van der Waals surface area contributed by atoms with E-state index in [1.165, 1.54) is 0 Å². The molecule has 21 heavy (non-hydrogen) atoms. The van der Waals surface area contributed by atoms with Crippen molar-refractivity contribution in [2.75, 3.05) is 6.79 Å². The third-order valence-corrected chi connectivity index (χ3v) is 3.99. The number of hydrogen-bond donors (Lipinski definition) is 1. The van der Waals surface area contributed by atoms with Crippen molar-refractivity contribution in [3.8, 4) is 17.2 Å². The first-order valence-corrected chi connectivity index (χ1v) is 7.49. The third kappa shape index (κ3) is 3.14. The van der Waals surface area contributed by atoms with Gasteiger partial charge in [0.15, 0.2) is 11.5 Å². The molecule has 1 heterocycles. The fourth-order valence-electron chi connectivity index (χ4n) is 2.16. The van der Waals surface area contributed by atoms with Gasteiger partial charge in [0.05, 0.1) is 0 Å². The zero-order valence-electron chi connectivity index (χ0n) is 11.6. The van der Waals surface area contributed by atoms with Crippen molar-refractivity contribution in [2.45, 2.75) is 19.6 Å². The first kappa shape index (κ1) is 14.2. The lowest BCUT2D eigenvalue weighted by atomic mass is 10.1. The predicted octanol–water partition coefficient (Wildman–Crippen LogP) is 3.78. The van der Waals surface area contributed by atoms with Gasteiger partial charge in [0.2, 0.25) is 6.79 Å². The van der Waals surface area contributed by atoms with E-state index in [4.69, 9.17) is 19.9 Å². The van der Waals surface area contributed by atoms with Crippen LogP contribution in [-0.2, 0) is 6.61 Å². The first-order valence-electron chi connectivity index (χ1n) is 6.70. The molecule has 0 aromatic heterocycles. The second kappa shape index (κ2) is 5.95. The minimum atomic E-state index is -0.0118. The first-order chi connectivity index (χ1) is 10.1. The summed E-state index contributed by atoms with van der Waals surface area (Å²) in [6.07, 6.45) is 0. The molecule has 2 N–H and O–H groups in total. The standard InChI is InChI=1S/C16H16BrNO3/c1-10(18)13-4-3-12(7-14(13)17)19-8-11-2-5-15-16(6-11)21-9-20-15/h2-7,10H,8-9,18H2,1H3. The Morgan fingerprint density at radius 2 is 2.00 bits per heavy atom. The second-order valence-electron chi connectivity index (χ2n) is 4.95. The lowest BCUT2D eigenvalue weighted by Gasteiger charge is -2.11. The molecule has 1 atom stereocenters. The Hall–Kier alpha value is -1.72. The van der Waals surface area contributed by atoms with Crippen molar-refractivity contribution >= 4 is 15.9 Å². The number of nitrogens with two attached hydrogens (primary N) is 1. The van der Waals surface area contributed by atoms with Crippen LogP contribution in [0.3, 0.4) is 0 Å². The zero-order chi connectivity index (χ0) is 14.8. The van der Waals surface area contributed by atoms with Gasteiger partial charge < -0.3 is 19.9 Å². The van der Waals surface area contributed by atoms with Gasteiger partial charge in [-0.25, -0.2) is 0 Å².